The van der Waals surface area contributed by atoms with Crippen LogP contribution in [-0.2, 0) is 14.3 Å². The van der Waals surface area contributed by atoms with Crippen LogP contribution in [0.2, 0.25) is 5.02 Å². The van der Waals surface area contributed by atoms with Crippen LogP contribution in [0.4, 0.5) is 10.5 Å². The Morgan fingerprint density at radius 2 is 1.61 bits per heavy atom. The van der Waals surface area contributed by atoms with Crippen molar-refractivity contribution in [2.75, 3.05) is 5.32 Å². The normalized spacial score (nSPS) is 13.3. The molecule has 2 aromatic rings. The predicted octanol–water partition coefficient (Wildman–Crippen LogP) is 6.88. The quantitative estimate of drug-likeness (QED) is 0.380. The fourth-order valence-electron chi connectivity index (χ4n) is 4.03. The summed E-state index contributed by atoms with van der Waals surface area (Å²) in [6.07, 6.45) is -0.135. The highest BCUT2D eigenvalue weighted by Gasteiger charge is 2.42. The minimum absolute atomic E-state index is 0.399. The van der Waals surface area contributed by atoms with Crippen LogP contribution in [0, 0.1) is 20.8 Å². The van der Waals surface area contributed by atoms with E-state index in [1.165, 1.54) is 0 Å². The Labute approximate surface area is 232 Å². The summed E-state index contributed by atoms with van der Waals surface area (Å²) in [6.45, 7) is 18.5. The lowest BCUT2D eigenvalue weighted by Crippen LogP contribution is -2.58. The highest BCUT2D eigenvalue weighted by atomic mass is 35.5. The molecule has 0 spiro atoms. The number of aryl methyl sites for hydroxylation is 3. The first kappa shape index (κ1) is 31.2. The van der Waals surface area contributed by atoms with Crippen molar-refractivity contribution < 1.29 is 19.1 Å². The highest BCUT2D eigenvalue weighted by molar-refractivity contribution is 6.34. The van der Waals surface area contributed by atoms with Crippen molar-refractivity contribution in [2.45, 2.75) is 98.9 Å². The number of nitrogens with zero attached hydrogens (tertiary/aromatic N) is 1. The van der Waals surface area contributed by atoms with Gasteiger partial charge in [0.1, 0.15) is 17.7 Å². The molecule has 3 amide bonds. The number of carbonyl (C=O) groups excluding carboxylic acids is 3. The molecule has 0 saturated heterocycles. The standard InChI is InChI=1S/C30H42ClN3O4/c1-11-30(9,10)34(27(36)21(5)32-28(37)38-29(6,7)8)25(22-16-15-18(2)20(4)17-22)26(35)33-24-19(3)13-12-14-23(24)31/h12-17,21,25H,11H2,1-10H3,(H,32,37)(H,33,35). The van der Waals surface area contributed by atoms with Gasteiger partial charge in [0.15, 0.2) is 0 Å². The molecule has 2 aromatic carbocycles. The van der Waals surface area contributed by atoms with E-state index in [2.05, 4.69) is 10.6 Å². The van der Waals surface area contributed by atoms with Crippen LogP contribution in [-0.4, -0.2) is 40.0 Å². The van der Waals surface area contributed by atoms with E-state index in [4.69, 9.17) is 16.3 Å². The number of para-hydroxylation sites is 1. The van der Waals surface area contributed by atoms with Crippen LogP contribution in [0.25, 0.3) is 0 Å². The first-order valence-electron chi connectivity index (χ1n) is 12.9. The molecule has 38 heavy (non-hydrogen) atoms. The predicted molar refractivity (Wildman–Crippen MR) is 154 cm³/mol. The van der Waals surface area contributed by atoms with E-state index in [0.29, 0.717) is 22.7 Å². The van der Waals surface area contributed by atoms with Gasteiger partial charge in [-0.1, -0.05) is 48.9 Å². The molecule has 0 saturated carbocycles. The number of ether oxygens (including phenoxy) is 1. The van der Waals surface area contributed by atoms with Crippen LogP contribution in [0.1, 0.15) is 83.2 Å². The fraction of sp³-hybridized carbons (Fsp3) is 0.500. The third-order valence-electron chi connectivity index (χ3n) is 6.68. The molecule has 0 bridgehead atoms. The average Bonchev–Trinajstić information content (AvgIpc) is 2.79. The van der Waals surface area contributed by atoms with Crippen LogP contribution in [0.15, 0.2) is 36.4 Å². The number of anilines is 1. The van der Waals surface area contributed by atoms with Gasteiger partial charge in [-0.15, -0.1) is 0 Å². The second kappa shape index (κ2) is 12.2. The molecule has 0 aliphatic carbocycles. The summed E-state index contributed by atoms with van der Waals surface area (Å²) >= 11 is 6.43. The lowest BCUT2D eigenvalue weighted by Gasteiger charge is -2.44. The van der Waals surface area contributed by atoms with Crippen molar-refractivity contribution in [3.63, 3.8) is 0 Å². The molecule has 7 nitrogen and oxygen atoms in total. The molecule has 2 rings (SSSR count). The van der Waals surface area contributed by atoms with E-state index in [9.17, 15) is 14.4 Å². The smallest absolute Gasteiger partial charge is 0.408 e. The Balaban J connectivity index is 2.62. The Bertz CT molecular complexity index is 1170. The number of nitrogens with one attached hydrogen (secondary N) is 2. The fourth-order valence-corrected chi connectivity index (χ4v) is 4.30. The summed E-state index contributed by atoms with van der Waals surface area (Å²) in [5.74, 6) is -0.805. The second-order valence-corrected chi connectivity index (χ2v) is 11.8. The number of alkyl carbamates (subject to hydrolysis) is 1. The zero-order chi connectivity index (χ0) is 29.0. The van der Waals surface area contributed by atoms with Crippen LogP contribution < -0.4 is 10.6 Å². The topological polar surface area (TPSA) is 87.7 Å². The van der Waals surface area contributed by atoms with Crippen LogP contribution in [0.5, 0.6) is 0 Å². The van der Waals surface area contributed by atoms with E-state index in [1.54, 1.807) is 38.7 Å². The van der Waals surface area contributed by atoms with E-state index in [-0.39, 0.29) is 0 Å². The zero-order valence-corrected chi connectivity index (χ0v) is 25.0. The Kier molecular flexibility index (Phi) is 10.0. The highest BCUT2D eigenvalue weighted by Crippen LogP contribution is 2.35. The summed E-state index contributed by atoms with van der Waals surface area (Å²) in [5.41, 5.74) is 2.57. The SMILES string of the molecule is CCC(C)(C)N(C(=O)C(C)NC(=O)OC(C)(C)C)C(C(=O)Nc1c(C)cccc1Cl)c1ccc(C)c(C)c1. The minimum Gasteiger partial charge on any atom is -0.444 e. The largest absolute Gasteiger partial charge is 0.444 e. The molecule has 2 N–H and O–H groups in total. The zero-order valence-electron chi connectivity index (χ0n) is 24.3. The Morgan fingerprint density at radius 3 is 2.13 bits per heavy atom. The maximum absolute atomic E-state index is 14.1. The molecule has 8 heteroatoms. The minimum atomic E-state index is -0.990. The lowest BCUT2D eigenvalue weighted by atomic mass is 9.91. The number of benzene rings is 2. The molecule has 0 radical (unpaired) electrons. The molecule has 208 valence electrons. The third-order valence-corrected chi connectivity index (χ3v) is 7.00. The molecular formula is C30H42ClN3O4. The number of carbonyl (C=O) groups is 3. The number of amides is 3. The van der Waals surface area contributed by atoms with Gasteiger partial charge in [0, 0.05) is 5.54 Å². The van der Waals surface area contributed by atoms with Gasteiger partial charge >= 0.3 is 6.09 Å². The Hall–Kier alpha value is -3.06. The monoisotopic (exact) mass is 543 g/mol. The van der Waals surface area contributed by atoms with Crippen molar-refractivity contribution in [2.24, 2.45) is 0 Å². The van der Waals surface area contributed by atoms with Crippen LogP contribution >= 0.6 is 11.6 Å². The van der Waals surface area contributed by atoms with Crippen molar-refractivity contribution in [1.29, 1.82) is 0 Å². The summed E-state index contributed by atoms with van der Waals surface area (Å²) < 4.78 is 5.36. The van der Waals surface area contributed by atoms with Gasteiger partial charge < -0.3 is 20.3 Å². The first-order valence-corrected chi connectivity index (χ1v) is 13.3. The van der Waals surface area contributed by atoms with E-state index in [0.717, 1.165) is 16.7 Å². The molecule has 0 heterocycles. The third kappa shape index (κ3) is 7.73. The average molecular weight is 544 g/mol. The van der Waals surface area contributed by atoms with E-state index in [1.807, 2.05) is 71.9 Å². The maximum Gasteiger partial charge on any atom is 0.408 e. The van der Waals surface area contributed by atoms with E-state index >= 15 is 0 Å². The van der Waals surface area contributed by atoms with Crippen LogP contribution in [0.3, 0.4) is 0 Å². The van der Waals surface area contributed by atoms with Crippen molar-refractivity contribution in [3.05, 3.63) is 63.7 Å². The number of hydrogen-bond donors (Lipinski definition) is 2. The van der Waals surface area contributed by atoms with Gasteiger partial charge in [-0.25, -0.2) is 4.79 Å². The first-order chi connectivity index (χ1) is 17.5. The maximum atomic E-state index is 14.1. The van der Waals surface area contributed by atoms with Crippen molar-refractivity contribution in [1.82, 2.24) is 10.2 Å². The van der Waals surface area contributed by atoms with Gasteiger partial charge in [0.2, 0.25) is 5.91 Å². The van der Waals surface area contributed by atoms with Crippen molar-refractivity contribution in [3.8, 4) is 0 Å². The van der Waals surface area contributed by atoms with E-state index < -0.39 is 41.1 Å². The number of hydrogen-bond acceptors (Lipinski definition) is 4. The summed E-state index contributed by atoms with van der Waals surface area (Å²) in [7, 11) is 0. The molecule has 2 unspecified atom stereocenters. The molecule has 0 fully saturated rings. The molecule has 0 aliphatic heterocycles. The molecular weight excluding hydrogens is 502 g/mol. The summed E-state index contributed by atoms with van der Waals surface area (Å²) in [4.78, 5) is 42.2. The van der Waals surface area contributed by atoms with Gasteiger partial charge in [-0.2, -0.15) is 0 Å². The van der Waals surface area contributed by atoms with Gasteiger partial charge in [0.25, 0.3) is 5.91 Å². The lowest BCUT2D eigenvalue weighted by molar-refractivity contribution is -0.147. The van der Waals surface area contributed by atoms with Gasteiger partial charge in [0.05, 0.1) is 10.7 Å². The number of halogens is 1. The van der Waals surface area contributed by atoms with Crippen molar-refractivity contribution >= 4 is 35.2 Å². The van der Waals surface area contributed by atoms with Gasteiger partial charge in [-0.3, -0.25) is 9.59 Å². The molecule has 0 aromatic heterocycles. The molecule has 0 aliphatic rings. The van der Waals surface area contributed by atoms with Gasteiger partial charge in [-0.05, 0) is 97.1 Å². The Morgan fingerprint density at radius 1 is 0.974 bits per heavy atom. The summed E-state index contributed by atoms with van der Waals surface area (Å²) in [5, 5.41) is 6.03. The second-order valence-electron chi connectivity index (χ2n) is 11.4. The molecule has 2 atom stereocenters. The number of rotatable bonds is 8. The summed E-state index contributed by atoms with van der Waals surface area (Å²) in [6, 6.07) is 9.18.